The van der Waals surface area contributed by atoms with Crippen LogP contribution in [0.15, 0.2) is 28.7 Å². The third kappa shape index (κ3) is 4.00. The molecule has 0 unspecified atom stereocenters. The van der Waals surface area contributed by atoms with Gasteiger partial charge in [-0.1, -0.05) is 0 Å². The van der Waals surface area contributed by atoms with E-state index in [1.165, 1.54) is 24.3 Å². The highest BCUT2D eigenvalue weighted by Crippen LogP contribution is 2.29. The number of nitrogens with two attached hydrogens (primary N) is 2. The van der Waals surface area contributed by atoms with E-state index in [0.717, 1.165) is 0 Å². The lowest BCUT2D eigenvalue weighted by molar-refractivity contribution is 0.0461. The van der Waals surface area contributed by atoms with Gasteiger partial charge in [0.2, 0.25) is 11.6 Å². The highest BCUT2D eigenvalue weighted by Gasteiger charge is 2.24. The van der Waals surface area contributed by atoms with E-state index < -0.39 is 17.8 Å². The zero-order valence-electron chi connectivity index (χ0n) is 15.7. The van der Waals surface area contributed by atoms with Crippen molar-refractivity contribution in [1.82, 2.24) is 9.97 Å². The molecule has 29 heavy (non-hydrogen) atoms. The largest absolute Gasteiger partial charge is 0.462 e. The van der Waals surface area contributed by atoms with Gasteiger partial charge in [0.1, 0.15) is 17.1 Å². The van der Waals surface area contributed by atoms with Gasteiger partial charge in [-0.2, -0.15) is 4.98 Å². The van der Waals surface area contributed by atoms with Gasteiger partial charge < -0.3 is 25.4 Å². The van der Waals surface area contributed by atoms with E-state index in [-0.39, 0.29) is 52.6 Å². The summed E-state index contributed by atoms with van der Waals surface area (Å²) in [5.41, 5.74) is 11.9. The van der Waals surface area contributed by atoms with Gasteiger partial charge in [0, 0.05) is 5.56 Å². The van der Waals surface area contributed by atoms with Gasteiger partial charge >= 0.3 is 11.9 Å². The zero-order valence-corrected chi connectivity index (χ0v) is 15.7. The Labute approximate surface area is 164 Å². The van der Waals surface area contributed by atoms with E-state index >= 15 is 0 Å². The summed E-state index contributed by atoms with van der Waals surface area (Å²) in [6.45, 7) is 3.19. The van der Waals surface area contributed by atoms with Crippen molar-refractivity contribution in [2.45, 2.75) is 20.5 Å². The Kier molecular flexibility index (Phi) is 5.44. The van der Waals surface area contributed by atoms with Gasteiger partial charge in [0.05, 0.1) is 17.6 Å². The molecule has 1 amide bonds. The number of carbonyl (C=O) groups excluding carboxylic acids is 3. The Morgan fingerprint density at radius 3 is 2.31 bits per heavy atom. The first-order valence-corrected chi connectivity index (χ1v) is 8.61. The van der Waals surface area contributed by atoms with Crippen LogP contribution in [0.25, 0.3) is 11.1 Å². The van der Waals surface area contributed by atoms with E-state index in [0.29, 0.717) is 5.76 Å². The Morgan fingerprint density at radius 2 is 1.69 bits per heavy atom. The Bertz CT molecular complexity index is 1100. The molecule has 0 spiro atoms. The Morgan fingerprint density at radius 1 is 1.03 bits per heavy atom. The molecule has 4 N–H and O–H groups in total. The first-order valence-electron chi connectivity index (χ1n) is 8.61. The lowest BCUT2D eigenvalue weighted by atomic mass is 10.1. The average molecular weight is 398 g/mol. The average Bonchev–Trinajstić information content (AvgIpc) is 3.02. The smallest absolute Gasteiger partial charge is 0.342 e. The van der Waals surface area contributed by atoms with Crippen molar-refractivity contribution in [1.29, 1.82) is 0 Å². The number of esters is 2. The second-order valence-electron chi connectivity index (χ2n) is 5.98. The quantitative estimate of drug-likeness (QED) is 0.589. The topological polar surface area (TPSA) is 161 Å². The van der Waals surface area contributed by atoms with Crippen LogP contribution in [0.2, 0.25) is 0 Å². The van der Waals surface area contributed by atoms with E-state index in [1.807, 2.05) is 0 Å². The van der Waals surface area contributed by atoms with Gasteiger partial charge in [-0.05, 0) is 38.1 Å². The predicted octanol–water partition coefficient (Wildman–Crippen LogP) is 1.75. The van der Waals surface area contributed by atoms with Crippen molar-refractivity contribution in [3.63, 3.8) is 0 Å². The molecule has 10 heteroatoms. The van der Waals surface area contributed by atoms with Crippen LogP contribution in [-0.4, -0.2) is 34.4 Å². The zero-order chi connectivity index (χ0) is 21.1. The maximum atomic E-state index is 12.2. The molecule has 2 heterocycles. The van der Waals surface area contributed by atoms with Gasteiger partial charge in [0.25, 0.3) is 0 Å². The van der Waals surface area contributed by atoms with Crippen LogP contribution in [0.3, 0.4) is 0 Å². The molecule has 0 radical (unpaired) electrons. The molecule has 2 aromatic heterocycles. The van der Waals surface area contributed by atoms with Crippen LogP contribution < -0.4 is 11.5 Å². The maximum absolute atomic E-state index is 12.2. The minimum atomic E-state index is -0.647. The van der Waals surface area contributed by atoms with Crippen LogP contribution in [0.1, 0.15) is 49.6 Å². The van der Waals surface area contributed by atoms with Crippen molar-refractivity contribution >= 4 is 34.8 Å². The van der Waals surface area contributed by atoms with Gasteiger partial charge in [-0.25, -0.2) is 14.6 Å². The van der Waals surface area contributed by atoms with Crippen molar-refractivity contribution in [3.8, 4) is 0 Å². The molecule has 3 aromatic rings. The number of nitrogens with zero attached hydrogens (tertiary/aromatic N) is 2. The number of carbonyl (C=O) groups is 3. The number of nitrogen functional groups attached to an aromatic ring is 1. The number of aromatic nitrogens is 2. The monoisotopic (exact) mass is 398 g/mol. The summed E-state index contributed by atoms with van der Waals surface area (Å²) in [5.74, 6) is -1.43. The molecule has 0 atom stereocenters. The minimum Gasteiger partial charge on any atom is -0.462 e. The molecule has 10 nitrogen and oxygen atoms in total. The summed E-state index contributed by atoms with van der Waals surface area (Å²) in [4.78, 5) is 43.6. The second kappa shape index (κ2) is 7.97. The molecule has 0 bridgehead atoms. The summed E-state index contributed by atoms with van der Waals surface area (Å²) >= 11 is 0. The summed E-state index contributed by atoms with van der Waals surface area (Å²) in [7, 11) is 0. The standard InChI is InChI=1S/C19H18N4O6/c1-3-27-19(26)13-9(2)29-17-14(13)15(20)22-12(23-17)8-28-18(25)11-6-4-10(5-7-11)16(21)24/h4-7H,3,8H2,1-2H3,(H2,21,24)(H2,20,22,23). The number of benzene rings is 1. The second-order valence-corrected chi connectivity index (χ2v) is 5.98. The number of aryl methyl sites for hydroxylation is 1. The summed E-state index contributed by atoms with van der Waals surface area (Å²) in [6, 6.07) is 5.68. The molecule has 0 fully saturated rings. The van der Waals surface area contributed by atoms with Crippen LogP contribution >= 0.6 is 0 Å². The van der Waals surface area contributed by atoms with Crippen molar-refractivity contribution in [2.75, 3.05) is 12.3 Å². The summed E-state index contributed by atoms with van der Waals surface area (Å²) in [6.07, 6.45) is 0. The van der Waals surface area contributed by atoms with Crippen LogP contribution in [0.5, 0.6) is 0 Å². The first kappa shape index (κ1) is 19.8. The lowest BCUT2D eigenvalue weighted by Gasteiger charge is -2.06. The van der Waals surface area contributed by atoms with Crippen molar-refractivity contribution < 1.29 is 28.3 Å². The van der Waals surface area contributed by atoms with Gasteiger partial charge in [-0.15, -0.1) is 0 Å². The van der Waals surface area contributed by atoms with Crippen molar-refractivity contribution in [3.05, 3.63) is 52.5 Å². The Hall–Kier alpha value is -3.95. The fourth-order valence-electron chi connectivity index (χ4n) is 2.68. The molecule has 1 aromatic carbocycles. The number of rotatable bonds is 6. The van der Waals surface area contributed by atoms with Crippen LogP contribution in [-0.2, 0) is 16.1 Å². The summed E-state index contributed by atoms with van der Waals surface area (Å²) in [5, 5.41) is 0.248. The molecule has 0 aliphatic rings. The fourth-order valence-corrected chi connectivity index (χ4v) is 2.68. The molecule has 150 valence electrons. The van der Waals surface area contributed by atoms with Gasteiger partial charge in [-0.3, -0.25) is 4.79 Å². The first-order chi connectivity index (χ1) is 13.8. The Balaban J connectivity index is 1.79. The number of anilines is 1. The summed E-state index contributed by atoms with van der Waals surface area (Å²) < 4.78 is 15.7. The van der Waals surface area contributed by atoms with E-state index in [1.54, 1.807) is 13.8 Å². The van der Waals surface area contributed by atoms with Crippen molar-refractivity contribution in [2.24, 2.45) is 5.73 Å². The van der Waals surface area contributed by atoms with Crippen LogP contribution in [0.4, 0.5) is 5.82 Å². The number of hydrogen-bond donors (Lipinski definition) is 2. The molecule has 0 saturated heterocycles. The number of fused-ring (bicyclic) bond motifs is 1. The predicted molar refractivity (Wildman–Crippen MR) is 101 cm³/mol. The highest BCUT2D eigenvalue weighted by atomic mass is 16.5. The number of hydrogen-bond acceptors (Lipinski definition) is 9. The van der Waals surface area contributed by atoms with E-state index in [2.05, 4.69) is 9.97 Å². The molecule has 0 aliphatic carbocycles. The molecule has 0 saturated carbocycles. The number of ether oxygens (including phenoxy) is 2. The number of amides is 1. The van der Waals surface area contributed by atoms with E-state index in [4.69, 9.17) is 25.4 Å². The fraction of sp³-hybridized carbons (Fsp3) is 0.211. The maximum Gasteiger partial charge on any atom is 0.342 e. The highest BCUT2D eigenvalue weighted by molar-refractivity contribution is 6.07. The van der Waals surface area contributed by atoms with Crippen LogP contribution in [0, 0.1) is 6.92 Å². The SMILES string of the molecule is CCOC(=O)c1c(C)oc2nc(COC(=O)c3ccc(C(N)=O)cc3)nc(N)c12. The molecular formula is C19H18N4O6. The molecule has 3 rings (SSSR count). The third-order valence-electron chi connectivity index (χ3n) is 4.02. The third-order valence-corrected chi connectivity index (χ3v) is 4.02. The lowest BCUT2D eigenvalue weighted by Crippen LogP contribution is -2.12. The molecule has 0 aliphatic heterocycles. The number of primary amides is 1. The molecular weight excluding hydrogens is 380 g/mol. The number of furan rings is 1. The normalized spacial score (nSPS) is 10.7. The van der Waals surface area contributed by atoms with E-state index in [9.17, 15) is 14.4 Å². The minimum absolute atomic E-state index is 0.00626. The van der Waals surface area contributed by atoms with Gasteiger partial charge in [0.15, 0.2) is 12.4 Å².